The van der Waals surface area contributed by atoms with Crippen molar-refractivity contribution in [1.29, 1.82) is 0 Å². The van der Waals surface area contributed by atoms with Crippen molar-refractivity contribution in [3.63, 3.8) is 0 Å². The third kappa shape index (κ3) is 9.93. The third-order valence-electron chi connectivity index (χ3n) is 6.42. The molecule has 1 aromatic heterocycles. The van der Waals surface area contributed by atoms with E-state index in [1.165, 1.54) is 36.7 Å². The lowest BCUT2D eigenvalue weighted by atomic mass is 10.1. The second kappa shape index (κ2) is 15.2. The molecule has 11 nitrogen and oxygen atoms in total. The van der Waals surface area contributed by atoms with Crippen LogP contribution in [0.5, 0.6) is 5.75 Å². The summed E-state index contributed by atoms with van der Waals surface area (Å²) in [5.41, 5.74) is 2.61. The normalized spacial score (nSPS) is 14.8. The van der Waals surface area contributed by atoms with Crippen molar-refractivity contribution in [2.45, 2.75) is 24.3 Å². The van der Waals surface area contributed by atoms with Crippen molar-refractivity contribution >= 4 is 55.7 Å². The third-order valence-corrected chi connectivity index (χ3v) is 7.57. The molecule has 0 spiro atoms. The lowest BCUT2D eigenvalue weighted by Gasteiger charge is -2.17. The lowest BCUT2D eigenvalue weighted by molar-refractivity contribution is -0.111. The van der Waals surface area contributed by atoms with Crippen molar-refractivity contribution in [1.82, 2.24) is 14.9 Å². The van der Waals surface area contributed by atoms with E-state index in [2.05, 4.69) is 20.6 Å². The van der Waals surface area contributed by atoms with Gasteiger partial charge in [-0.3, -0.25) is 9.35 Å². The van der Waals surface area contributed by atoms with Gasteiger partial charge in [0.25, 0.3) is 10.1 Å². The minimum Gasteiger partial charge on any atom is -0.486 e. The van der Waals surface area contributed by atoms with Gasteiger partial charge in [0.2, 0.25) is 5.91 Å². The molecule has 3 N–H and O–H groups in total. The van der Waals surface area contributed by atoms with E-state index in [0.29, 0.717) is 53.6 Å². The molecule has 0 unspecified atom stereocenters. The fraction of sp³-hybridized carbons (Fsp3) is 0.258. The van der Waals surface area contributed by atoms with Crippen molar-refractivity contribution in [2.24, 2.45) is 0 Å². The number of likely N-dealkylation sites (N-methyl/N-ethyl adjacent to an activating group) is 1. The maximum Gasteiger partial charge on any atom is 0.294 e. The average Bonchev–Trinajstić information content (AvgIpc) is 3.49. The quantitative estimate of drug-likeness (QED) is 0.153. The lowest BCUT2D eigenvalue weighted by Crippen LogP contribution is -2.18. The van der Waals surface area contributed by atoms with Crippen LogP contribution < -0.4 is 15.4 Å². The first-order chi connectivity index (χ1) is 21.4. The van der Waals surface area contributed by atoms with Gasteiger partial charge in [0.1, 0.15) is 29.8 Å². The number of hydrogen-bond acceptors (Lipinski definition) is 9. The Bertz CT molecular complexity index is 1780. The van der Waals surface area contributed by atoms with Crippen LogP contribution in [0.1, 0.15) is 12.0 Å². The summed E-state index contributed by atoms with van der Waals surface area (Å²) in [6.45, 7) is 3.59. The Hall–Kier alpha value is -4.14. The van der Waals surface area contributed by atoms with Gasteiger partial charge < -0.3 is 25.0 Å². The van der Waals surface area contributed by atoms with Gasteiger partial charge in [-0.25, -0.2) is 14.4 Å². The van der Waals surface area contributed by atoms with E-state index in [-0.39, 0.29) is 21.9 Å². The molecule has 1 saturated heterocycles. The summed E-state index contributed by atoms with van der Waals surface area (Å²) >= 11 is 5.91. The number of halogens is 2. The van der Waals surface area contributed by atoms with Crippen molar-refractivity contribution in [3.05, 3.63) is 89.5 Å². The van der Waals surface area contributed by atoms with Gasteiger partial charge in [0.05, 0.1) is 34.3 Å². The molecule has 2 heterocycles. The summed E-state index contributed by atoms with van der Waals surface area (Å²) < 4.78 is 54.7. The fourth-order valence-electron chi connectivity index (χ4n) is 4.13. The number of benzene rings is 3. The van der Waals surface area contributed by atoms with Gasteiger partial charge in [0.15, 0.2) is 0 Å². The zero-order chi connectivity index (χ0) is 32.6. The van der Waals surface area contributed by atoms with E-state index >= 15 is 0 Å². The Morgan fingerprint density at radius 2 is 1.93 bits per heavy atom. The van der Waals surface area contributed by atoms with E-state index in [1.54, 1.807) is 36.4 Å². The molecule has 5 rings (SSSR count). The molecule has 3 aromatic carbocycles. The van der Waals surface area contributed by atoms with Crippen molar-refractivity contribution in [3.8, 4) is 5.75 Å². The number of nitrogens with one attached hydrogen (secondary N) is 2. The molecule has 0 saturated carbocycles. The van der Waals surface area contributed by atoms with Crippen LogP contribution in [0.25, 0.3) is 10.9 Å². The maximum atomic E-state index is 13.6. The molecule has 0 aliphatic carbocycles. The second-order valence-corrected chi connectivity index (χ2v) is 12.2. The summed E-state index contributed by atoms with van der Waals surface area (Å²) in [6, 6.07) is 13.8. The molecule has 0 radical (unpaired) electrons. The largest absolute Gasteiger partial charge is 0.486 e. The first-order valence-corrected chi connectivity index (χ1v) is 15.6. The Morgan fingerprint density at radius 1 is 1.18 bits per heavy atom. The van der Waals surface area contributed by atoms with Crippen LogP contribution in [0.3, 0.4) is 0 Å². The molecule has 1 atom stereocenters. The predicted molar refractivity (Wildman–Crippen MR) is 171 cm³/mol. The summed E-state index contributed by atoms with van der Waals surface area (Å²) in [4.78, 5) is 23.1. The monoisotopic (exact) mass is 657 g/mol. The molecule has 1 amide bonds. The fourth-order valence-corrected chi connectivity index (χ4v) is 4.79. The number of ether oxygens (including phenoxy) is 2. The van der Waals surface area contributed by atoms with E-state index < -0.39 is 15.9 Å². The standard InChI is InChI=1S/C24H25ClFN5O3.C7H8O3S/c1-31(2)8-3-4-23(32)30-21-11-17-20(12-22(21)34-16-7-9-33-13-16)27-14-28-24(17)29-15-5-6-19(26)18(25)10-15;1-6-2-4-7(5-3-6)11(8,9)10/h3-6,10-12,14,16H,7-9,13H2,1-2H3,(H,30,32)(H,27,28,29);2-5H,1H3,(H,8,9,10)/b4-3+;/t16-;/m0./s1. The average molecular weight is 658 g/mol. The first kappa shape index (κ1) is 33.7. The number of carbonyl (C=O) groups excluding carboxylic acids is 1. The number of amides is 1. The van der Waals surface area contributed by atoms with Crippen LogP contribution in [0, 0.1) is 12.7 Å². The molecule has 1 aliphatic heterocycles. The summed E-state index contributed by atoms with van der Waals surface area (Å²) in [5.74, 6) is 0.170. The van der Waals surface area contributed by atoms with Crippen LogP contribution in [0.4, 0.5) is 21.6 Å². The number of aromatic nitrogens is 2. The Balaban J connectivity index is 0.000000354. The van der Waals surface area contributed by atoms with Gasteiger partial charge in [-0.2, -0.15) is 8.42 Å². The summed E-state index contributed by atoms with van der Waals surface area (Å²) in [7, 11) is -0.178. The number of carbonyl (C=O) groups is 1. The van der Waals surface area contributed by atoms with E-state index in [4.69, 9.17) is 25.6 Å². The number of nitrogens with zero attached hydrogens (tertiary/aromatic N) is 3. The zero-order valence-corrected chi connectivity index (χ0v) is 26.4. The molecule has 45 heavy (non-hydrogen) atoms. The highest BCUT2D eigenvalue weighted by Gasteiger charge is 2.21. The van der Waals surface area contributed by atoms with Gasteiger partial charge in [-0.05, 0) is 57.4 Å². The molecular weight excluding hydrogens is 625 g/mol. The minimum atomic E-state index is -4.02. The second-order valence-electron chi connectivity index (χ2n) is 10.4. The molecule has 1 fully saturated rings. The smallest absolute Gasteiger partial charge is 0.294 e. The molecule has 14 heteroatoms. The van der Waals surface area contributed by atoms with Gasteiger partial charge >= 0.3 is 0 Å². The van der Waals surface area contributed by atoms with Gasteiger partial charge in [0, 0.05) is 36.2 Å². The number of aryl methyl sites for hydroxylation is 1. The number of hydrogen-bond donors (Lipinski definition) is 3. The molecule has 4 aromatic rings. The minimum absolute atomic E-state index is 0.00436. The molecule has 1 aliphatic rings. The predicted octanol–water partition coefficient (Wildman–Crippen LogP) is 5.63. The summed E-state index contributed by atoms with van der Waals surface area (Å²) in [6.07, 6.45) is 5.32. The first-order valence-electron chi connectivity index (χ1n) is 13.8. The van der Waals surface area contributed by atoms with Gasteiger partial charge in [-0.1, -0.05) is 35.4 Å². The molecule has 238 valence electrons. The molecule has 0 bridgehead atoms. The van der Waals surface area contributed by atoms with Gasteiger partial charge in [-0.15, -0.1) is 0 Å². The van der Waals surface area contributed by atoms with E-state index in [0.717, 1.165) is 12.0 Å². The Morgan fingerprint density at radius 3 is 2.58 bits per heavy atom. The number of anilines is 3. The number of rotatable bonds is 9. The number of fused-ring (bicyclic) bond motifs is 1. The SMILES string of the molecule is CN(C)C/C=C/C(=O)Nc1cc2c(Nc3ccc(F)c(Cl)c3)ncnc2cc1O[C@H]1CCOC1.Cc1ccc(S(=O)(=O)O)cc1. The Kier molecular flexibility index (Phi) is 11.4. The van der Waals surface area contributed by atoms with E-state index in [9.17, 15) is 17.6 Å². The molecular formula is C31H33ClFN5O6S. The van der Waals surface area contributed by atoms with Crippen LogP contribution in [0.2, 0.25) is 5.02 Å². The van der Waals surface area contributed by atoms with Crippen molar-refractivity contribution < 1.29 is 31.6 Å². The maximum absolute atomic E-state index is 13.6. The highest BCUT2D eigenvalue weighted by Crippen LogP contribution is 2.35. The summed E-state index contributed by atoms with van der Waals surface area (Å²) in [5, 5.41) is 6.67. The highest BCUT2D eigenvalue weighted by molar-refractivity contribution is 7.85. The highest BCUT2D eigenvalue weighted by atomic mass is 35.5. The van der Waals surface area contributed by atoms with Crippen molar-refractivity contribution in [2.75, 3.05) is 44.5 Å². The van der Waals surface area contributed by atoms with Crippen LogP contribution in [-0.4, -0.2) is 73.7 Å². The zero-order valence-electron chi connectivity index (χ0n) is 24.8. The Labute approximate surface area is 265 Å². The van der Waals surface area contributed by atoms with Crippen LogP contribution >= 0.6 is 11.6 Å². The van der Waals surface area contributed by atoms with Crippen LogP contribution in [0.15, 0.2) is 78.0 Å². The van der Waals surface area contributed by atoms with E-state index in [1.807, 2.05) is 25.9 Å². The van der Waals surface area contributed by atoms with Crippen LogP contribution in [-0.2, 0) is 19.6 Å². The topological polar surface area (TPSA) is 143 Å².